The van der Waals surface area contributed by atoms with Crippen LogP contribution in [-0.2, 0) is 11.3 Å². The number of rotatable bonds is 5. The fourth-order valence-electron chi connectivity index (χ4n) is 2.60. The van der Waals surface area contributed by atoms with Gasteiger partial charge in [-0.05, 0) is 44.0 Å². The number of carbonyl (C=O) groups is 1. The van der Waals surface area contributed by atoms with Crippen LogP contribution in [0.4, 0.5) is 0 Å². The zero-order chi connectivity index (χ0) is 15.2. The van der Waals surface area contributed by atoms with Gasteiger partial charge in [-0.25, -0.2) is 0 Å². The third-order valence-corrected chi connectivity index (χ3v) is 6.08. The topological polar surface area (TPSA) is 47.6 Å². The van der Waals surface area contributed by atoms with E-state index in [9.17, 15) is 4.79 Å². The molecule has 1 aliphatic rings. The maximum Gasteiger partial charge on any atom is 0.223 e. The van der Waals surface area contributed by atoms with E-state index >= 15 is 0 Å². The molecular formula is C16H24NO3P. The van der Waals surface area contributed by atoms with Crippen LogP contribution in [0.15, 0.2) is 18.2 Å². The molecule has 1 fully saturated rings. The summed E-state index contributed by atoms with van der Waals surface area (Å²) in [6.45, 7) is 2.83. The molecule has 0 spiro atoms. The predicted molar refractivity (Wildman–Crippen MR) is 86.7 cm³/mol. The summed E-state index contributed by atoms with van der Waals surface area (Å²) in [5.74, 6) is 1.87. The van der Waals surface area contributed by atoms with Gasteiger partial charge in [-0.2, -0.15) is 0 Å². The number of hydrogen-bond acceptors (Lipinski definition) is 3. The molecule has 0 aliphatic carbocycles. The lowest BCUT2D eigenvalue weighted by atomic mass is 10.0. The Balaban J connectivity index is 1.91. The fraction of sp³-hybridized carbons (Fsp3) is 0.562. The van der Waals surface area contributed by atoms with Crippen LogP contribution in [0, 0.1) is 5.92 Å². The van der Waals surface area contributed by atoms with E-state index < -0.39 is 0 Å². The van der Waals surface area contributed by atoms with Gasteiger partial charge in [0.15, 0.2) is 0 Å². The van der Waals surface area contributed by atoms with Crippen LogP contribution < -0.4 is 14.8 Å². The summed E-state index contributed by atoms with van der Waals surface area (Å²) < 4.78 is 10.5. The molecule has 0 atom stereocenters. The highest BCUT2D eigenvalue weighted by molar-refractivity contribution is 7.56. The zero-order valence-electron chi connectivity index (χ0n) is 13.0. The number of amides is 1. The molecule has 4 nitrogen and oxygen atoms in total. The number of ether oxygens (including phenoxy) is 2. The van der Waals surface area contributed by atoms with Crippen molar-refractivity contribution in [3.05, 3.63) is 23.8 Å². The summed E-state index contributed by atoms with van der Waals surface area (Å²) >= 11 is 0. The van der Waals surface area contributed by atoms with E-state index in [0.717, 1.165) is 29.9 Å². The summed E-state index contributed by atoms with van der Waals surface area (Å²) in [6.07, 6.45) is 4.51. The molecule has 0 radical (unpaired) electrons. The van der Waals surface area contributed by atoms with Crippen molar-refractivity contribution in [1.29, 1.82) is 0 Å². The van der Waals surface area contributed by atoms with Crippen molar-refractivity contribution in [3.8, 4) is 11.5 Å². The molecular weight excluding hydrogens is 285 g/mol. The Hall–Kier alpha value is -1.28. The number of hydrogen-bond donors (Lipinski definition) is 1. The molecule has 0 unspecified atom stereocenters. The molecule has 0 saturated carbocycles. The van der Waals surface area contributed by atoms with E-state index in [-0.39, 0.29) is 19.7 Å². The third kappa shape index (κ3) is 4.34. The molecule has 2 rings (SSSR count). The first-order valence-electron chi connectivity index (χ1n) is 7.31. The molecule has 0 bridgehead atoms. The molecule has 1 aromatic carbocycles. The monoisotopic (exact) mass is 309 g/mol. The van der Waals surface area contributed by atoms with Gasteiger partial charge >= 0.3 is 0 Å². The summed E-state index contributed by atoms with van der Waals surface area (Å²) in [6, 6.07) is 5.66. The minimum Gasteiger partial charge on any atom is -0.497 e. The second-order valence-corrected chi connectivity index (χ2v) is 8.08. The smallest absolute Gasteiger partial charge is 0.223 e. The SMILES string of the molecule is COc1ccc(CNC(=O)C2CCP(C)CC2)c(OC)c1. The van der Waals surface area contributed by atoms with E-state index in [2.05, 4.69) is 12.0 Å². The maximum atomic E-state index is 12.2. The van der Waals surface area contributed by atoms with E-state index in [0.29, 0.717) is 6.54 Å². The van der Waals surface area contributed by atoms with Gasteiger partial charge in [0.1, 0.15) is 11.5 Å². The first kappa shape index (κ1) is 16.1. The predicted octanol–water partition coefficient (Wildman–Crippen LogP) is 2.84. The van der Waals surface area contributed by atoms with E-state index in [1.165, 1.54) is 12.3 Å². The van der Waals surface area contributed by atoms with Gasteiger partial charge in [-0.15, -0.1) is 7.92 Å². The van der Waals surface area contributed by atoms with Crippen molar-refractivity contribution < 1.29 is 14.3 Å². The summed E-state index contributed by atoms with van der Waals surface area (Å²) in [4.78, 5) is 12.2. The molecule has 116 valence electrons. The van der Waals surface area contributed by atoms with E-state index in [4.69, 9.17) is 9.47 Å². The van der Waals surface area contributed by atoms with Crippen LogP contribution >= 0.6 is 7.92 Å². The molecule has 1 aliphatic heterocycles. The quantitative estimate of drug-likeness (QED) is 0.851. The Bertz CT molecular complexity index is 484. The van der Waals surface area contributed by atoms with Crippen LogP contribution in [0.2, 0.25) is 0 Å². The third-order valence-electron chi connectivity index (χ3n) is 4.04. The lowest BCUT2D eigenvalue weighted by molar-refractivity contribution is -0.125. The lowest BCUT2D eigenvalue weighted by Gasteiger charge is -2.25. The molecule has 5 heteroatoms. The highest BCUT2D eigenvalue weighted by atomic mass is 31.1. The Kier molecular flexibility index (Phi) is 5.86. The molecule has 1 amide bonds. The summed E-state index contributed by atoms with van der Waals surface area (Å²) in [5, 5.41) is 3.04. The second kappa shape index (κ2) is 7.65. The Morgan fingerprint density at radius 3 is 2.62 bits per heavy atom. The number of benzene rings is 1. The van der Waals surface area contributed by atoms with E-state index in [1.807, 2.05) is 18.2 Å². The van der Waals surface area contributed by atoms with Crippen molar-refractivity contribution in [2.45, 2.75) is 19.4 Å². The Morgan fingerprint density at radius 1 is 1.29 bits per heavy atom. The summed E-state index contributed by atoms with van der Waals surface area (Å²) in [5.41, 5.74) is 0.972. The Morgan fingerprint density at radius 2 is 2.00 bits per heavy atom. The fourth-order valence-corrected chi connectivity index (χ4v) is 4.32. The largest absolute Gasteiger partial charge is 0.497 e. The lowest BCUT2D eigenvalue weighted by Crippen LogP contribution is -2.32. The standard InChI is InChI=1S/C16H24NO3P/c1-19-14-5-4-13(15(10-14)20-2)11-17-16(18)12-6-8-21(3)9-7-12/h4-5,10,12H,6-9,11H2,1-3H3,(H,17,18). The van der Waals surface area contributed by atoms with Crippen LogP contribution in [0.25, 0.3) is 0 Å². The minimum atomic E-state index is 0.177. The number of carbonyl (C=O) groups excluding carboxylic acids is 1. The highest BCUT2D eigenvalue weighted by Gasteiger charge is 2.23. The van der Waals surface area contributed by atoms with Crippen molar-refractivity contribution in [1.82, 2.24) is 5.32 Å². The van der Waals surface area contributed by atoms with Gasteiger partial charge in [0, 0.05) is 24.1 Å². The molecule has 0 aromatic heterocycles. The van der Waals surface area contributed by atoms with Crippen molar-refractivity contribution in [3.63, 3.8) is 0 Å². The van der Waals surface area contributed by atoms with Crippen LogP contribution in [0.5, 0.6) is 11.5 Å². The molecule has 1 N–H and O–H groups in total. The average Bonchev–Trinajstić information content (AvgIpc) is 2.53. The average molecular weight is 309 g/mol. The van der Waals surface area contributed by atoms with Crippen molar-refractivity contribution in [2.24, 2.45) is 5.92 Å². The minimum absolute atomic E-state index is 0.177. The van der Waals surface area contributed by atoms with Gasteiger partial charge < -0.3 is 14.8 Å². The van der Waals surface area contributed by atoms with Crippen LogP contribution in [-0.4, -0.2) is 39.1 Å². The van der Waals surface area contributed by atoms with E-state index in [1.54, 1.807) is 14.2 Å². The van der Waals surface area contributed by atoms with Gasteiger partial charge in [0.25, 0.3) is 0 Å². The van der Waals surface area contributed by atoms with Gasteiger partial charge in [-0.1, -0.05) is 0 Å². The van der Waals surface area contributed by atoms with Gasteiger partial charge in [0.2, 0.25) is 5.91 Å². The maximum absolute atomic E-state index is 12.2. The first-order chi connectivity index (χ1) is 10.1. The van der Waals surface area contributed by atoms with Gasteiger partial charge in [0.05, 0.1) is 14.2 Å². The number of methoxy groups -OCH3 is 2. The molecule has 1 heterocycles. The molecule has 1 saturated heterocycles. The Labute approximate surface area is 128 Å². The summed E-state index contributed by atoms with van der Waals surface area (Å²) in [7, 11) is 3.43. The van der Waals surface area contributed by atoms with Crippen LogP contribution in [0.1, 0.15) is 18.4 Å². The highest BCUT2D eigenvalue weighted by Crippen LogP contribution is 2.39. The van der Waals surface area contributed by atoms with Gasteiger partial charge in [-0.3, -0.25) is 4.79 Å². The normalized spacial score (nSPS) is 21.7. The molecule has 21 heavy (non-hydrogen) atoms. The van der Waals surface area contributed by atoms with Crippen molar-refractivity contribution >= 4 is 13.8 Å². The molecule has 1 aromatic rings. The second-order valence-electron chi connectivity index (χ2n) is 5.47. The zero-order valence-corrected chi connectivity index (χ0v) is 13.9. The van der Waals surface area contributed by atoms with Crippen LogP contribution in [0.3, 0.4) is 0 Å². The van der Waals surface area contributed by atoms with Crippen molar-refractivity contribution in [2.75, 3.05) is 33.2 Å². The first-order valence-corrected chi connectivity index (χ1v) is 9.47. The number of nitrogens with one attached hydrogen (secondary N) is 1.